The topological polar surface area (TPSA) is 34.1 Å². The second-order valence-corrected chi connectivity index (χ2v) is 6.62. The van der Waals surface area contributed by atoms with Gasteiger partial charge in [-0.1, -0.05) is 18.2 Å². The first-order chi connectivity index (χ1) is 11.2. The number of piperazine rings is 1. The maximum absolute atomic E-state index is 4.97. The van der Waals surface area contributed by atoms with Crippen LogP contribution in [0.5, 0.6) is 0 Å². The van der Waals surface area contributed by atoms with Gasteiger partial charge < -0.3 is 15.1 Å². The number of hydrogen-bond donors (Lipinski definition) is 1. The third kappa shape index (κ3) is 3.67. The Hall–Kier alpha value is -1.59. The van der Waals surface area contributed by atoms with Crippen molar-refractivity contribution in [3.8, 4) is 0 Å². The summed E-state index contributed by atoms with van der Waals surface area (Å²) in [7, 11) is 4.41. The summed E-state index contributed by atoms with van der Waals surface area (Å²) < 4.78 is 0. The van der Waals surface area contributed by atoms with Gasteiger partial charge >= 0.3 is 0 Å². The maximum atomic E-state index is 4.97. The van der Waals surface area contributed by atoms with Crippen LogP contribution in [0.25, 0.3) is 0 Å². The molecule has 23 heavy (non-hydrogen) atoms. The maximum Gasteiger partial charge on any atom is 0.198 e. The number of fused-ring (bicyclic) bond motifs is 1. The van der Waals surface area contributed by atoms with Crippen LogP contribution >= 0.6 is 0 Å². The van der Waals surface area contributed by atoms with Gasteiger partial charge in [-0.3, -0.25) is 9.89 Å². The van der Waals surface area contributed by atoms with Gasteiger partial charge in [-0.25, -0.2) is 0 Å². The van der Waals surface area contributed by atoms with E-state index in [9.17, 15) is 0 Å². The van der Waals surface area contributed by atoms with E-state index in [1.54, 1.807) is 0 Å². The zero-order valence-electron chi connectivity index (χ0n) is 14.6. The molecule has 1 N–H and O–H groups in total. The predicted octanol–water partition coefficient (Wildman–Crippen LogP) is 1.26. The molecule has 1 aromatic rings. The van der Waals surface area contributed by atoms with Gasteiger partial charge in [-0.05, 0) is 39.1 Å². The average Bonchev–Trinajstić information content (AvgIpc) is 2.98. The molecule has 1 fully saturated rings. The van der Waals surface area contributed by atoms with Crippen molar-refractivity contribution in [2.45, 2.75) is 19.4 Å². The molecule has 0 saturated carbocycles. The fraction of sp³-hybridized carbons (Fsp3) is 0.611. The zero-order chi connectivity index (χ0) is 16.2. The molecule has 2 aliphatic rings. The summed E-state index contributed by atoms with van der Waals surface area (Å²) in [6, 6.07) is 9.17. The average molecular weight is 315 g/mol. The minimum atomic E-state index is 0.500. The van der Waals surface area contributed by atoms with E-state index in [2.05, 4.69) is 65.3 Å². The lowest BCUT2D eigenvalue weighted by molar-refractivity contribution is 0.119. The third-order valence-corrected chi connectivity index (χ3v) is 4.91. The fourth-order valence-corrected chi connectivity index (χ4v) is 3.44. The van der Waals surface area contributed by atoms with E-state index in [4.69, 9.17) is 4.99 Å². The van der Waals surface area contributed by atoms with Crippen molar-refractivity contribution >= 4 is 11.6 Å². The molecule has 5 nitrogen and oxygen atoms in total. The highest BCUT2D eigenvalue weighted by atomic mass is 15.3. The normalized spacial score (nSPS) is 23.2. The summed E-state index contributed by atoms with van der Waals surface area (Å²) >= 11 is 0. The molecule has 1 aromatic carbocycles. The van der Waals surface area contributed by atoms with Crippen LogP contribution in [0.2, 0.25) is 0 Å². The second-order valence-electron chi connectivity index (χ2n) is 6.62. The van der Waals surface area contributed by atoms with E-state index in [-0.39, 0.29) is 0 Å². The Labute approximate surface area is 140 Å². The first-order valence-corrected chi connectivity index (χ1v) is 8.71. The van der Waals surface area contributed by atoms with E-state index >= 15 is 0 Å². The van der Waals surface area contributed by atoms with Gasteiger partial charge in [0.25, 0.3) is 0 Å². The smallest absolute Gasteiger partial charge is 0.198 e. The first kappa shape index (κ1) is 16.3. The highest BCUT2D eigenvalue weighted by molar-refractivity contribution is 5.97. The monoisotopic (exact) mass is 315 g/mol. The van der Waals surface area contributed by atoms with Crippen LogP contribution in [0.15, 0.2) is 29.3 Å². The number of likely N-dealkylation sites (N-methyl/N-ethyl adjacent to an activating group) is 2. The Morgan fingerprint density at radius 2 is 2.04 bits per heavy atom. The van der Waals surface area contributed by atoms with Crippen LogP contribution < -0.4 is 10.2 Å². The van der Waals surface area contributed by atoms with Gasteiger partial charge in [0.2, 0.25) is 0 Å². The highest BCUT2D eigenvalue weighted by Crippen LogP contribution is 2.27. The molecular formula is C18H29N5. The van der Waals surface area contributed by atoms with Crippen LogP contribution in [-0.2, 0) is 6.42 Å². The molecule has 2 aliphatic heterocycles. The van der Waals surface area contributed by atoms with Crippen molar-refractivity contribution in [3.63, 3.8) is 0 Å². The number of anilines is 1. The van der Waals surface area contributed by atoms with E-state index in [1.165, 1.54) is 11.3 Å². The second kappa shape index (κ2) is 7.32. The number of nitrogens with one attached hydrogen (secondary N) is 1. The number of rotatable bonds is 3. The molecule has 0 aromatic heterocycles. The predicted molar refractivity (Wildman–Crippen MR) is 97.4 cm³/mol. The molecule has 126 valence electrons. The molecule has 0 spiro atoms. The SMILES string of the molecule is CCNC(=NCC1CN(C)CCN1C)N1CCc2ccccc21. The van der Waals surface area contributed by atoms with Gasteiger partial charge in [0, 0.05) is 44.5 Å². The van der Waals surface area contributed by atoms with E-state index in [0.717, 1.165) is 51.6 Å². The Balaban J connectivity index is 1.74. The van der Waals surface area contributed by atoms with Gasteiger partial charge in [-0.2, -0.15) is 0 Å². The van der Waals surface area contributed by atoms with Crippen molar-refractivity contribution in [2.75, 3.05) is 58.3 Å². The summed E-state index contributed by atoms with van der Waals surface area (Å²) in [6.07, 6.45) is 1.10. The molecule has 5 heteroatoms. The largest absolute Gasteiger partial charge is 0.356 e. The fourth-order valence-electron chi connectivity index (χ4n) is 3.44. The van der Waals surface area contributed by atoms with Crippen LogP contribution in [0.4, 0.5) is 5.69 Å². The summed E-state index contributed by atoms with van der Waals surface area (Å²) in [5.41, 5.74) is 2.73. The van der Waals surface area contributed by atoms with E-state index < -0.39 is 0 Å². The summed E-state index contributed by atoms with van der Waals surface area (Å²) in [5, 5.41) is 3.47. The van der Waals surface area contributed by atoms with Crippen LogP contribution in [0.1, 0.15) is 12.5 Å². The van der Waals surface area contributed by atoms with E-state index in [1.807, 2.05) is 0 Å². The molecule has 1 unspecified atom stereocenters. The zero-order valence-corrected chi connectivity index (χ0v) is 14.6. The minimum Gasteiger partial charge on any atom is -0.356 e. The van der Waals surface area contributed by atoms with Crippen LogP contribution in [-0.4, -0.2) is 75.2 Å². The molecule has 0 bridgehead atoms. The lowest BCUT2D eigenvalue weighted by Gasteiger charge is -2.37. The van der Waals surface area contributed by atoms with Gasteiger partial charge in [0.05, 0.1) is 6.54 Å². The molecule has 1 atom stereocenters. The number of nitrogens with zero attached hydrogens (tertiary/aromatic N) is 4. The number of aliphatic imine (C=N–C) groups is 1. The first-order valence-electron chi connectivity index (χ1n) is 8.71. The van der Waals surface area contributed by atoms with Crippen molar-refractivity contribution in [1.82, 2.24) is 15.1 Å². The molecule has 3 rings (SSSR count). The Morgan fingerprint density at radius 1 is 1.22 bits per heavy atom. The molecule has 0 radical (unpaired) electrons. The van der Waals surface area contributed by atoms with Crippen molar-refractivity contribution in [2.24, 2.45) is 4.99 Å². The van der Waals surface area contributed by atoms with Gasteiger partial charge in [0.1, 0.15) is 0 Å². The Bertz CT molecular complexity index is 556. The van der Waals surface area contributed by atoms with Gasteiger partial charge in [-0.15, -0.1) is 0 Å². The van der Waals surface area contributed by atoms with Crippen LogP contribution in [0, 0.1) is 0 Å². The standard InChI is InChI=1S/C18H29N5/c1-4-19-18(20-13-16-14-21(2)11-12-22(16)3)23-10-9-15-7-5-6-8-17(15)23/h5-8,16H,4,9-14H2,1-3H3,(H,19,20). The lowest BCUT2D eigenvalue weighted by atomic mass is 10.2. The molecule has 1 saturated heterocycles. The summed E-state index contributed by atoms with van der Waals surface area (Å²) in [5.74, 6) is 1.03. The number of para-hydroxylation sites is 1. The Morgan fingerprint density at radius 3 is 2.87 bits per heavy atom. The van der Waals surface area contributed by atoms with Crippen LogP contribution in [0.3, 0.4) is 0 Å². The van der Waals surface area contributed by atoms with Crippen molar-refractivity contribution < 1.29 is 0 Å². The number of benzene rings is 1. The number of hydrogen-bond acceptors (Lipinski definition) is 3. The molecule has 2 heterocycles. The molecule has 0 amide bonds. The van der Waals surface area contributed by atoms with Crippen molar-refractivity contribution in [1.29, 1.82) is 0 Å². The number of guanidine groups is 1. The molecule has 0 aliphatic carbocycles. The van der Waals surface area contributed by atoms with E-state index in [0.29, 0.717) is 6.04 Å². The summed E-state index contributed by atoms with van der Waals surface area (Å²) in [6.45, 7) is 8.27. The quantitative estimate of drug-likeness (QED) is 0.673. The molecular weight excluding hydrogens is 286 g/mol. The minimum absolute atomic E-state index is 0.500. The Kier molecular flexibility index (Phi) is 5.18. The highest BCUT2D eigenvalue weighted by Gasteiger charge is 2.25. The van der Waals surface area contributed by atoms with Crippen molar-refractivity contribution in [3.05, 3.63) is 29.8 Å². The lowest BCUT2D eigenvalue weighted by Crippen LogP contribution is -2.51. The third-order valence-electron chi connectivity index (χ3n) is 4.91. The van der Waals surface area contributed by atoms with Gasteiger partial charge in [0.15, 0.2) is 5.96 Å². The summed E-state index contributed by atoms with van der Waals surface area (Å²) in [4.78, 5) is 12.1.